The van der Waals surface area contributed by atoms with Crippen molar-refractivity contribution >= 4 is 32.5 Å². The number of hydrogen-bond donors (Lipinski definition) is 4. The Bertz CT molecular complexity index is 1490. The first-order chi connectivity index (χ1) is 16.9. The number of benzene rings is 1. The summed E-state index contributed by atoms with van der Waals surface area (Å²) in [5, 5.41) is 30.4. The van der Waals surface area contributed by atoms with Crippen LogP contribution in [0.3, 0.4) is 0 Å². The Morgan fingerprint density at radius 3 is 2.50 bits per heavy atom. The predicted molar refractivity (Wildman–Crippen MR) is 147 cm³/mol. The normalized spacial score (nSPS) is 13.9. The van der Waals surface area contributed by atoms with E-state index in [-0.39, 0.29) is 5.41 Å². The molecular weight excluding hydrogens is 470 g/mol. The van der Waals surface area contributed by atoms with Crippen molar-refractivity contribution in [3.63, 3.8) is 0 Å². The number of H-pyrrole nitrogens is 3. The third-order valence-electron chi connectivity index (χ3n) is 7.01. The highest BCUT2D eigenvalue weighted by Crippen LogP contribution is 2.38. The lowest BCUT2D eigenvalue weighted by molar-refractivity contribution is 0.0813. The Hall–Kier alpha value is -3.01. The molecule has 1 aromatic carbocycles. The Kier molecular flexibility index (Phi) is 6.05. The summed E-state index contributed by atoms with van der Waals surface area (Å²) >= 11 is 1.64. The van der Waals surface area contributed by atoms with Gasteiger partial charge in [-0.15, -0.1) is 11.3 Å². The summed E-state index contributed by atoms with van der Waals surface area (Å²) in [6.45, 7) is 13.7. The first-order valence-corrected chi connectivity index (χ1v) is 13.1. The summed E-state index contributed by atoms with van der Waals surface area (Å²) < 4.78 is 1.07. The smallest absolute Gasteiger partial charge is 0.126 e. The molecule has 0 bridgehead atoms. The van der Waals surface area contributed by atoms with E-state index in [1.165, 1.54) is 5.56 Å². The van der Waals surface area contributed by atoms with Crippen molar-refractivity contribution in [2.75, 3.05) is 7.05 Å². The molecular formula is C27H35N7OS. The molecule has 4 aromatic heterocycles. The van der Waals surface area contributed by atoms with Crippen molar-refractivity contribution in [2.45, 2.75) is 66.2 Å². The highest BCUT2D eigenvalue weighted by molar-refractivity contribution is 7.22. The molecule has 5 rings (SSSR count). The van der Waals surface area contributed by atoms with Crippen LogP contribution in [0.2, 0.25) is 0 Å². The Morgan fingerprint density at radius 1 is 1.06 bits per heavy atom. The topological polar surface area (TPSA) is 110 Å². The largest absolute Gasteiger partial charge is 0.390 e. The van der Waals surface area contributed by atoms with E-state index >= 15 is 0 Å². The van der Waals surface area contributed by atoms with Gasteiger partial charge in [0.2, 0.25) is 0 Å². The fraction of sp³-hybridized carbons (Fsp3) is 0.444. The van der Waals surface area contributed by atoms with E-state index in [4.69, 9.17) is 0 Å². The van der Waals surface area contributed by atoms with E-state index in [1.54, 1.807) is 17.5 Å². The third-order valence-corrected chi connectivity index (χ3v) is 8.18. The van der Waals surface area contributed by atoms with E-state index in [9.17, 15) is 5.11 Å². The van der Waals surface area contributed by atoms with Gasteiger partial charge in [-0.1, -0.05) is 26.8 Å². The number of hydrogen-bond acceptors (Lipinski definition) is 6. The van der Waals surface area contributed by atoms with Gasteiger partial charge in [0, 0.05) is 29.9 Å². The van der Waals surface area contributed by atoms with Crippen LogP contribution in [0, 0.1) is 5.41 Å². The number of nitrogens with one attached hydrogen (secondary N) is 3. The first-order valence-electron chi connectivity index (χ1n) is 12.3. The van der Waals surface area contributed by atoms with Gasteiger partial charge in [-0.05, 0) is 62.6 Å². The van der Waals surface area contributed by atoms with Crippen LogP contribution in [0.25, 0.3) is 43.1 Å². The molecule has 0 aliphatic rings. The summed E-state index contributed by atoms with van der Waals surface area (Å²) in [7, 11) is 2.18. The lowest BCUT2D eigenvalue weighted by atomic mass is 9.87. The van der Waals surface area contributed by atoms with Gasteiger partial charge >= 0.3 is 0 Å². The second kappa shape index (κ2) is 8.83. The third kappa shape index (κ3) is 4.83. The number of aromatic nitrogens is 6. The highest BCUT2D eigenvalue weighted by atomic mass is 32.1. The summed E-state index contributed by atoms with van der Waals surface area (Å²) in [5.74, 6) is 0. The Labute approximate surface area is 215 Å². The van der Waals surface area contributed by atoms with Crippen LogP contribution in [0.4, 0.5) is 0 Å². The second-order valence-electron chi connectivity index (χ2n) is 11.6. The van der Waals surface area contributed by atoms with Crippen molar-refractivity contribution in [3.8, 4) is 22.0 Å². The predicted octanol–water partition coefficient (Wildman–Crippen LogP) is 5.74. The monoisotopic (exact) mass is 505 g/mol. The maximum absolute atomic E-state index is 10.7. The van der Waals surface area contributed by atoms with Crippen LogP contribution in [-0.4, -0.2) is 59.3 Å². The number of aromatic amines is 3. The maximum atomic E-state index is 10.7. The zero-order valence-corrected chi connectivity index (χ0v) is 22.8. The number of nitrogens with zero attached hydrogens (tertiary/aromatic N) is 4. The van der Waals surface area contributed by atoms with Gasteiger partial charge in [0.15, 0.2) is 0 Å². The van der Waals surface area contributed by atoms with Gasteiger partial charge in [-0.2, -0.15) is 20.5 Å². The van der Waals surface area contributed by atoms with E-state index in [0.29, 0.717) is 12.5 Å². The van der Waals surface area contributed by atoms with Crippen molar-refractivity contribution in [1.29, 1.82) is 0 Å². The fourth-order valence-corrected chi connectivity index (χ4v) is 5.81. The van der Waals surface area contributed by atoms with Gasteiger partial charge in [0.05, 0.1) is 32.6 Å². The average molecular weight is 506 g/mol. The molecule has 190 valence electrons. The zero-order chi connectivity index (χ0) is 25.8. The molecule has 0 aliphatic heterocycles. The standard InChI is InChI=1S/C27H35N7OS/c1-15(26(2,3)4)34(7)14-16-8-17(12-27(5,6)35)18-10-20(29-19(18)9-16)24-25-21(30-32-24)11-23(36-25)22-13-28-33-31-22/h8-11,13,15,29,35H,12,14H2,1-7H3,(H,30,32)(H,28,31,33). The van der Waals surface area contributed by atoms with Crippen molar-refractivity contribution in [1.82, 2.24) is 35.5 Å². The van der Waals surface area contributed by atoms with E-state index < -0.39 is 5.60 Å². The van der Waals surface area contributed by atoms with Gasteiger partial charge in [-0.3, -0.25) is 10.00 Å². The number of aliphatic hydroxyl groups is 1. The van der Waals surface area contributed by atoms with Crippen LogP contribution >= 0.6 is 11.3 Å². The van der Waals surface area contributed by atoms with E-state index in [1.807, 2.05) is 13.8 Å². The quantitative estimate of drug-likeness (QED) is 0.226. The van der Waals surface area contributed by atoms with Crippen LogP contribution in [-0.2, 0) is 13.0 Å². The zero-order valence-electron chi connectivity index (χ0n) is 22.0. The van der Waals surface area contributed by atoms with Crippen LogP contribution < -0.4 is 0 Å². The second-order valence-corrected chi connectivity index (χ2v) is 12.7. The minimum atomic E-state index is -0.812. The molecule has 5 aromatic rings. The summed E-state index contributed by atoms with van der Waals surface area (Å²) in [4.78, 5) is 7.05. The van der Waals surface area contributed by atoms with Crippen molar-refractivity contribution in [3.05, 3.63) is 41.6 Å². The number of rotatable bonds is 7. The first kappa shape index (κ1) is 24.7. The van der Waals surface area contributed by atoms with Crippen molar-refractivity contribution in [2.24, 2.45) is 5.41 Å². The minimum absolute atomic E-state index is 0.186. The molecule has 0 aliphatic carbocycles. The van der Waals surface area contributed by atoms with Gasteiger partial charge in [0.1, 0.15) is 11.4 Å². The number of fused-ring (bicyclic) bond motifs is 2. The molecule has 8 nitrogen and oxygen atoms in total. The minimum Gasteiger partial charge on any atom is -0.390 e. The highest BCUT2D eigenvalue weighted by Gasteiger charge is 2.25. The molecule has 0 radical (unpaired) electrons. The van der Waals surface area contributed by atoms with Crippen LogP contribution in [0.1, 0.15) is 52.7 Å². The molecule has 1 atom stereocenters. The molecule has 4 N–H and O–H groups in total. The van der Waals surface area contributed by atoms with Crippen LogP contribution in [0.15, 0.2) is 30.5 Å². The van der Waals surface area contributed by atoms with E-state index in [2.05, 4.69) is 94.5 Å². The maximum Gasteiger partial charge on any atom is 0.126 e. The average Bonchev–Trinajstić information content (AvgIpc) is 3.53. The van der Waals surface area contributed by atoms with Gasteiger partial charge < -0.3 is 10.1 Å². The fourth-order valence-electron chi connectivity index (χ4n) is 4.74. The lowest BCUT2D eigenvalue weighted by Crippen LogP contribution is -2.38. The summed E-state index contributed by atoms with van der Waals surface area (Å²) in [5.41, 5.74) is 6.42. The summed E-state index contributed by atoms with van der Waals surface area (Å²) in [6, 6.07) is 9.11. The molecule has 9 heteroatoms. The molecule has 1 unspecified atom stereocenters. The molecule has 0 fully saturated rings. The molecule has 0 saturated carbocycles. The lowest BCUT2D eigenvalue weighted by Gasteiger charge is -2.35. The molecule has 36 heavy (non-hydrogen) atoms. The van der Waals surface area contributed by atoms with Crippen molar-refractivity contribution < 1.29 is 5.11 Å². The molecule has 0 amide bonds. The van der Waals surface area contributed by atoms with Crippen LogP contribution in [0.5, 0.6) is 0 Å². The van der Waals surface area contributed by atoms with Gasteiger partial charge in [0.25, 0.3) is 0 Å². The Balaban J connectivity index is 1.56. The Morgan fingerprint density at radius 2 is 1.83 bits per heavy atom. The molecule has 0 saturated heterocycles. The summed E-state index contributed by atoms with van der Waals surface area (Å²) in [6.07, 6.45) is 2.29. The molecule has 0 spiro atoms. The SMILES string of the molecule is CC(N(C)Cc1cc(CC(C)(C)O)c2cc(-c3n[nH]c4cc(-c5cn[nH]n5)sc34)[nH]c2c1)C(C)(C)C. The van der Waals surface area contributed by atoms with E-state index in [0.717, 1.165) is 55.2 Å². The molecule has 4 heterocycles. The van der Waals surface area contributed by atoms with Gasteiger partial charge in [-0.25, -0.2) is 0 Å². The number of thiophene rings is 1.